The second-order valence-electron chi connectivity index (χ2n) is 8.65. The summed E-state index contributed by atoms with van der Waals surface area (Å²) >= 11 is 0. The Morgan fingerprint density at radius 1 is 0.833 bits per heavy atom. The van der Waals surface area contributed by atoms with Gasteiger partial charge in [0.15, 0.2) is 0 Å². The molecule has 4 rings (SSSR count). The lowest BCUT2D eigenvalue weighted by Gasteiger charge is -2.58. The number of rotatable bonds is 4. The van der Waals surface area contributed by atoms with Crippen molar-refractivity contribution < 1.29 is 19.8 Å². The number of carbonyl (C=O) groups is 2. The molecule has 30 heavy (non-hydrogen) atoms. The monoisotopic (exact) mass is 414 g/mol. The first-order chi connectivity index (χ1) is 14.5. The average molecular weight is 415 g/mol. The van der Waals surface area contributed by atoms with Crippen LogP contribution in [0.2, 0.25) is 0 Å². The second kappa shape index (κ2) is 10.6. The number of piperidine rings is 1. The number of carboxylic acid groups (broad SMARTS) is 2. The van der Waals surface area contributed by atoms with Gasteiger partial charge in [-0.25, -0.2) is 9.59 Å². The fourth-order valence-electron chi connectivity index (χ4n) is 5.14. The Labute approximate surface area is 179 Å². The van der Waals surface area contributed by atoms with Crippen LogP contribution in [0.5, 0.6) is 0 Å². The van der Waals surface area contributed by atoms with Crippen molar-refractivity contribution in [1.82, 2.24) is 4.90 Å². The van der Waals surface area contributed by atoms with E-state index in [2.05, 4.69) is 40.1 Å². The minimum atomic E-state index is -1.26. The Kier molecular flexibility index (Phi) is 7.91. The summed E-state index contributed by atoms with van der Waals surface area (Å²) in [6.45, 7) is 3.91. The molecule has 0 unspecified atom stereocenters. The van der Waals surface area contributed by atoms with Gasteiger partial charge in [0.1, 0.15) is 0 Å². The molecule has 0 amide bonds. The molecule has 0 aromatic heterocycles. The van der Waals surface area contributed by atoms with E-state index in [4.69, 9.17) is 10.2 Å². The molecule has 1 aromatic carbocycles. The second-order valence-corrected chi connectivity index (χ2v) is 8.65. The SMILES string of the molecule is O=C(O)/C=C/C(=O)O.c1ccc(N2CCC23CCN(C2CCCCCC2)CC3)cc1. The molecule has 2 heterocycles. The van der Waals surface area contributed by atoms with E-state index >= 15 is 0 Å². The van der Waals surface area contributed by atoms with Crippen molar-refractivity contribution in [3.63, 3.8) is 0 Å². The number of hydrogen-bond acceptors (Lipinski definition) is 4. The molecule has 1 aromatic rings. The highest BCUT2D eigenvalue weighted by molar-refractivity contribution is 5.89. The zero-order chi connectivity index (χ0) is 21.4. The van der Waals surface area contributed by atoms with Crippen LogP contribution in [0.4, 0.5) is 5.69 Å². The molecule has 3 fully saturated rings. The molecule has 1 spiro atoms. The number of benzene rings is 1. The van der Waals surface area contributed by atoms with Crippen LogP contribution in [0, 0.1) is 0 Å². The van der Waals surface area contributed by atoms with Gasteiger partial charge in [-0.05, 0) is 44.2 Å². The molecule has 2 aliphatic heterocycles. The molecule has 2 saturated heterocycles. The van der Waals surface area contributed by atoms with Crippen molar-refractivity contribution in [3.8, 4) is 0 Å². The van der Waals surface area contributed by atoms with Crippen LogP contribution >= 0.6 is 0 Å². The minimum Gasteiger partial charge on any atom is -0.478 e. The molecule has 3 aliphatic rings. The molecule has 6 nitrogen and oxygen atoms in total. The molecule has 0 bridgehead atoms. The van der Waals surface area contributed by atoms with Crippen LogP contribution in [0.1, 0.15) is 57.8 Å². The Morgan fingerprint density at radius 3 is 1.83 bits per heavy atom. The van der Waals surface area contributed by atoms with Crippen LogP contribution in [0.3, 0.4) is 0 Å². The van der Waals surface area contributed by atoms with Crippen LogP contribution in [0.15, 0.2) is 42.5 Å². The first-order valence-corrected chi connectivity index (χ1v) is 11.2. The van der Waals surface area contributed by atoms with E-state index in [0.717, 1.165) is 6.04 Å². The van der Waals surface area contributed by atoms with Crippen LogP contribution in [-0.2, 0) is 9.59 Å². The third-order valence-corrected chi connectivity index (χ3v) is 6.88. The van der Waals surface area contributed by atoms with Crippen molar-refractivity contribution >= 4 is 17.6 Å². The van der Waals surface area contributed by atoms with Crippen molar-refractivity contribution in [2.75, 3.05) is 24.5 Å². The standard InChI is InChI=1S/C20H30N2.C4H4O4/c1-2-5-9-18(8-4-1)21-15-12-20(13-16-21)14-17-22(20)19-10-6-3-7-11-19;5-3(6)1-2-4(7)8/h3,6-7,10-11,18H,1-2,4-5,8-9,12-17H2;1-2H,(H,5,6)(H,7,8)/b;2-1+. The molecule has 6 heteroatoms. The molecule has 1 aliphatic carbocycles. The summed E-state index contributed by atoms with van der Waals surface area (Å²) in [6.07, 6.45) is 14.0. The van der Waals surface area contributed by atoms with Gasteiger partial charge in [0, 0.05) is 49.1 Å². The molecular weight excluding hydrogens is 380 g/mol. The van der Waals surface area contributed by atoms with E-state index < -0.39 is 11.9 Å². The van der Waals surface area contributed by atoms with E-state index in [1.54, 1.807) is 0 Å². The predicted molar refractivity (Wildman–Crippen MR) is 118 cm³/mol. The Balaban J connectivity index is 0.000000275. The van der Waals surface area contributed by atoms with E-state index in [1.165, 1.54) is 83.1 Å². The Hall–Kier alpha value is -2.34. The molecule has 0 atom stereocenters. The Morgan fingerprint density at radius 2 is 1.37 bits per heavy atom. The minimum absolute atomic E-state index is 0.489. The van der Waals surface area contributed by atoms with Crippen LogP contribution in [0.25, 0.3) is 0 Å². The lowest BCUT2D eigenvalue weighted by Crippen LogP contribution is -2.65. The van der Waals surface area contributed by atoms with Crippen molar-refractivity contribution in [1.29, 1.82) is 0 Å². The van der Waals surface area contributed by atoms with Crippen LogP contribution < -0.4 is 4.90 Å². The summed E-state index contributed by atoms with van der Waals surface area (Å²) in [5.74, 6) is -2.51. The van der Waals surface area contributed by atoms with Gasteiger partial charge < -0.3 is 20.0 Å². The van der Waals surface area contributed by atoms with Gasteiger partial charge in [-0.15, -0.1) is 0 Å². The highest BCUT2D eigenvalue weighted by atomic mass is 16.4. The number of hydrogen-bond donors (Lipinski definition) is 2. The molecule has 164 valence electrons. The number of aliphatic carboxylic acids is 2. The highest BCUT2D eigenvalue weighted by Crippen LogP contribution is 2.43. The lowest BCUT2D eigenvalue weighted by atomic mass is 9.75. The van der Waals surface area contributed by atoms with Gasteiger partial charge in [-0.1, -0.05) is 43.9 Å². The van der Waals surface area contributed by atoms with Crippen molar-refractivity contribution in [2.24, 2.45) is 0 Å². The normalized spacial score (nSPS) is 22.1. The van der Waals surface area contributed by atoms with E-state index in [9.17, 15) is 9.59 Å². The van der Waals surface area contributed by atoms with E-state index in [-0.39, 0.29) is 0 Å². The van der Waals surface area contributed by atoms with Crippen molar-refractivity contribution in [2.45, 2.75) is 69.4 Å². The molecule has 2 N–H and O–H groups in total. The highest BCUT2D eigenvalue weighted by Gasteiger charge is 2.47. The van der Waals surface area contributed by atoms with Gasteiger partial charge in [-0.3, -0.25) is 0 Å². The van der Waals surface area contributed by atoms with E-state index in [0.29, 0.717) is 17.7 Å². The van der Waals surface area contributed by atoms with E-state index in [1.807, 2.05) is 0 Å². The summed E-state index contributed by atoms with van der Waals surface area (Å²) in [4.78, 5) is 24.6. The topological polar surface area (TPSA) is 81.1 Å². The fraction of sp³-hybridized carbons (Fsp3) is 0.583. The first-order valence-electron chi connectivity index (χ1n) is 11.2. The molecular formula is C24H34N2O4. The number of likely N-dealkylation sites (tertiary alicyclic amines) is 1. The third-order valence-electron chi connectivity index (χ3n) is 6.88. The molecule has 0 radical (unpaired) electrons. The summed E-state index contributed by atoms with van der Waals surface area (Å²) in [6, 6.07) is 12.0. The number of nitrogens with zero attached hydrogens (tertiary/aromatic N) is 2. The summed E-state index contributed by atoms with van der Waals surface area (Å²) in [5.41, 5.74) is 1.93. The fourth-order valence-corrected chi connectivity index (χ4v) is 5.14. The third kappa shape index (κ3) is 5.85. The van der Waals surface area contributed by atoms with Crippen LogP contribution in [-0.4, -0.2) is 58.3 Å². The van der Waals surface area contributed by atoms with Crippen molar-refractivity contribution in [3.05, 3.63) is 42.5 Å². The zero-order valence-corrected chi connectivity index (χ0v) is 17.7. The predicted octanol–water partition coefficient (Wildman–Crippen LogP) is 4.17. The number of carboxylic acids is 2. The number of para-hydroxylation sites is 1. The van der Waals surface area contributed by atoms with Gasteiger partial charge in [0.25, 0.3) is 0 Å². The zero-order valence-electron chi connectivity index (χ0n) is 17.7. The summed E-state index contributed by atoms with van der Waals surface area (Å²) < 4.78 is 0. The maximum Gasteiger partial charge on any atom is 0.328 e. The molecule has 1 saturated carbocycles. The number of anilines is 1. The summed E-state index contributed by atoms with van der Waals surface area (Å²) in [5, 5.41) is 15.6. The smallest absolute Gasteiger partial charge is 0.328 e. The Bertz CT molecular complexity index is 702. The van der Waals surface area contributed by atoms with Gasteiger partial charge in [0.2, 0.25) is 0 Å². The van der Waals surface area contributed by atoms with Gasteiger partial charge in [-0.2, -0.15) is 0 Å². The maximum absolute atomic E-state index is 9.55. The summed E-state index contributed by atoms with van der Waals surface area (Å²) in [7, 11) is 0. The largest absolute Gasteiger partial charge is 0.478 e. The quantitative estimate of drug-likeness (QED) is 0.569. The van der Waals surface area contributed by atoms with Gasteiger partial charge >= 0.3 is 11.9 Å². The average Bonchev–Trinajstić information content (AvgIpc) is 3.02. The van der Waals surface area contributed by atoms with Gasteiger partial charge in [0.05, 0.1) is 0 Å². The maximum atomic E-state index is 9.55. The first kappa shape index (κ1) is 22.3. The lowest BCUT2D eigenvalue weighted by molar-refractivity contribution is -0.134.